The maximum Gasteiger partial charge on any atom is 0.283 e. The van der Waals surface area contributed by atoms with Gasteiger partial charge in [-0.25, -0.2) is 0 Å². The smallest absolute Gasteiger partial charge is 0.283 e. The average molecular weight is 474 g/mol. The van der Waals surface area contributed by atoms with Crippen molar-refractivity contribution in [1.29, 1.82) is 10.7 Å². The Hall–Kier alpha value is -3.90. The molecule has 1 amide bonds. The van der Waals surface area contributed by atoms with E-state index in [-0.39, 0.29) is 18.0 Å². The van der Waals surface area contributed by atoms with Gasteiger partial charge in [0.25, 0.3) is 5.91 Å². The maximum atomic E-state index is 12.6. The lowest BCUT2D eigenvalue weighted by molar-refractivity contribution is -0.114. The highest BCUT2D eigenvalue weighted by Crippen LogP contribution is 2.33. The molecule has 2 heterocycles. The van der Waals surface area contributed by atoms with E-state index in [1.165, 1.54) is 16.8 Å². The number of rotatable bonds is 8. The molecule has 2 aliphatic heterocycles. The van der Waals surface area contributed by atoms with E-state index in [1.807, 2.05) is 25.1 Å². The Morgan fingerprint density at radius 1 is 1.18 bits per heavy atom. The van der Waals surface area contributed by atoms with Crippen LogP contribution in [0.2, 0.25) is 0 Å². The summed E-state index contributed by atoms with van der Waals surface area (Å²) >= 11 is 1.33. The lowest BCUT2D eigenvalue weighted by Gasteiger charge is -2.20. The van der Waals surface area contributed by atoms with Gasteiger partial charge in [0.15, 0.2) is 17.3 Å². The highest BCUT2D eigenvalue weighted by Gasteiger charge is 2.35. The fourth-order valence-corrected chi connectivity index (χ4v) is 4.41. The molecule has 8 nitrogen and oxygen atoms in total. The number of hydrogen-bond donors (Lipinski definition) is 1. The zero-order chi connectivity index (χ0) is 24.1. The molecule has 0 saturated carbocycles. The average Bonchev–Trinajstić information content (AvgIpc) is 3.24. The molecule has 0 spiro atoms. The summed E-state index contributed by atoms with van der Waals surface area (Å²) < 4.78 is 11.7. The quantitative estimate of drug-likeness (QED) is 0.543. The van der Waals surface area contributed by atoms with Crippen LogP contribution in [0.25, 0.3) is 6.08 Å². The third-order valence-corrected chi connectivity index (χ3v) is 6.03. The van der Waals surface area contributed by atoms with Crippen molar-refractivity contribution in [1.82, 2.24) is 5.01 Å². The molecule has 0 atom stereocenters. The number of benzene rings is 2. The van der Waals surface area contributed by atoms with Crippen molar-refractivity contribution < 1.29 is 14.3 Å². The molecular weight excluding hydrogens is 450 g/mol. The zero-order valence-electron chi connectivity index (χ0n) is 18.9. The lowest BCUT2D eigenvalue weighted by Crippen LogP contribution is -2.35. The Morgan fingerprint density at radius 3 is 2.76 bits per heavy atom. The number of hydrazone groups is 1. The van der Waals surface area contributed by atoms with Gasteiger partial charge in [-0.15, -0.1) is 0 Å². The molecule has 0 radical (unpaired) electrons. The number of amides is 1. The molecule has 0 bridgehead atoms. The van der Waals surface area contributed by atoms with E-state index in [9.17, 15) is 10.1 Å². The van der Waals surface area contributed by atoms with Crippen LogP contribution in [0, 0.1) is 16.7 Å². The molecule has 172 valence electrons. The number of thioether (sulfide) groups is 1. The second-order valence-corrected chi connectivity index (χ2v) is 8.50. The number of ether oxygens (including phenoxy) is 2. The van der Waals surface area contributed by atoms with Crippen molar-refractivity contribution in [2.45, 2.75) is 33.3 Å². The summed E-state index contributed by atoms with van der Waals surface area (Å²) in [6, 6.07) is 14.7. The number of hydrogen-bond acceptors (Lipinski definition) is 7. The van der Waals surface area contributed by atoms with E-state index in [2.05, 4.69) is 23.1 Å². The topological polar surface area (TPSA) is 111 Å². The summed E-state index contributed by atoms with van der Waals surface area (Å²) in [7, 11) is 0. The largest absolute Gasteiger partial charge is 0.490 e. The molecule has 0 fully saturated rings. The van der Waals surface area contributed by atoms with Crippen molar-refractivity contribution in [2.75, 3.05) is 6.61 Å². The molecular formula is C25H23N5O3S. The van der Waals surface area contributed by atoms with Gasteiger partial charge in [-0.2, -0.15) is 20.4 Å². The molecule has 9 heteroatoms. The molecule has 0 aromatic heterocycles. The molecule has 0 aliphatic carbocycles. The van der Waals surface area contributed by atoms with Crippen LogP contribution < -0.4 is 9.47 Å². The maximum absolute atomic E-state index is 12.6. The Kier molecular flexibility index (Phi) is 7.09. The molecule has 2 aliphatic rings. The second kappa shape index (κ2) is 10.4. The number of amidine groups is 2. The van der Waals surface area contributed by atoms with Gasteiger partial charge in [0.1, 0.15) is 11.7 Å². The number of carbonyl (C=O) groups excluding carboxylic acids is 1. The van der Waals surface area contributed by atoms with E-state index in [4.69, 9.17) is 14.9 Å². The number of nitriles is 1. The summed E-state index contributed by atoms with van der Waals surface area (Å²) in [4.78, 5) is 16.8. The fourth-order valence-electron chi connectivity index (χ4n) is 3.43. The minimum absolute atomic E-state index is 0.0000000149. The van der Waals surface area contributed by atoms with Gasteiger partial charge in [-0.1, -0.05) is 31.2 Å². The van der Waals surface area contributed by atoms with Gasteiger partial charge in [0.2, 0.25) is 5.17 Å². The Morgan fingerprint density at radius 2 is 2.00 bits per heavy atom. The normalized spacial score (nSPS) is 16.1. The van der Waals surface area contributed by atoms with Gasteiger partial charge in [0.05, 0.1) is 23.8 Å². The number of nitrogens with zero attached hydrogens (tertiary/aromatic N) is 4. The van der Waals surface area contributed by atoms with Gasteiger partial charge in [-0.05, 0) is 61.4 Å². The number of aliphatic imine (C=N–C) groups is 1. The Labute approximate surface area is 202 Å². The van der Waals surface area contributed by atoms with E-state index >= 15 is 0 Å². The van der Waals surface area contributed by atoms with Crippen molar-refractivity contribution in [3.8, 4) is 17.6 Å². The summed E-state index contributed by atoms with van der Waals surface area (Å²) in [6.45, 7) is 4.56. The van der Waals surface area contributed by atoms with Crippen molar-refractivity contribution in [3.63, 3.8) is 0 Å². The van der Waals surface area contributed by atoms with E-state index in [1.54, 1.807) is 30.3 Å². The highest BCUT2D eigenvalue weighted by atomic mass is 32.2. The minimum Gasteiger partial charge on any atom is -0.490 e. The van der Waals surface area contributed by atoms with Gasteiger partial charge < -0.3 is 9.47 Å². The first-order valence-corrected chi connectivity index (χ1v) is 11.7. The summed E-state index contributed by atoms with van der Waals surface area (Å²) in [5, 5.41) is 24.9. The van der Waals surface area contributed by atoms with Crippen LogP contribution in [0.4, 0.5) is 0 Å². The molecule has 0 saturated heterocycles. The van der Waals surface area contributed by atoms with Crippen LogP contribution in [-0.2, 0) is 11.4 Å². The number of carbonyl (C=O) groups is 1. The van der Waals surface area contributed by atoms with Crippen LogP contribution in [0.1, 0.15) is 43.4 Å². The molecule has 2 aromatic rings. The molecule has 4 rings (SSSR count). The van der Waals surface area contributed by atoms with Crippen molar-refractivity contribution >= 4 is 39.8 Å². The Balaban J connectivity index is 1.58. The van der Waals surface area contributed by atoms with E-state index < -0.39 is 5.91 Å². The monoisotopic (exact) mass is 473 g/mol. The van der Waals surface area contributed by atoms with E-state index in [0.29, 0.717) is 34.4 Å². The second-order valence-electron chi connectivity index (χ2n) is 7.46. The summed E-state index contributed by atoms with van der Waals surface area (Å²) in [5.74, 6) is 0.556. The first-order valence-electron chi connectivity index (χ1n) is 10.9. The number of fused-ring (bicyclic) bond motifs is 1. The predicted octanol–water partition coefficient (Wildman–Crippen LogP) is 4.96. The van der Waals surface area contributed by atoms with Crippen LogP contribution in [-0.4, -0.2) is 33.6 Å². The Bertz CT molecular complexity index is 1280. The predicted molar refractivity (Wildman–Crippen MR) is 133 cm³/mol. The molecule has 1 N–H and O–H groups in total. The SMILES string of the molecule is CCCC1=NN2C(=N)C(=Cc3ccc(OCc4ccccc4C#N)c(OCC)c3)C(=O)N=C2S1. The zero-order valence-corrected chi connectivity index (χ0v) is 19.7. The van der Waals surface area contributed by atoms with Gasteiger partial charge in [-0.3, -0.25) is 10.2 Å². The molecule has 2 aromatic carbocycles. The summed E-state index contributed by atoms with van der Waals surface area (Å²) in [6.07, 6.45) is 3.31. The molecule has 34 heavy (non-hydrogen) atoms. The first-order chi connectivity index (χ1) is 16.5. The van der Waals surface area contributed by atoms with Crippen molar-refractivity contribution in [3.05, 3.63) is 64.7 Å². The fraction of sp³-hybridized carbons (Fsp3) is 0.240. The lowest BCUT2D eigenvalue weighted by atomic mass is 10.1. The summed E-state index contributed by atoms with van der Waals surface area (Å²) in [5.41, 5.74) is 2.16. The van der Waals surface area contributed by atoms with Gasteiger partial charge in [0, 0.05) is 5.56 Å². The highest BCUT2D eigenvalue weighted by molar-refractivity contribution is 8.26. The van der Waals surface area contributed by atoms with E-state index in [0.717, 1.165) is 23.4 Å². The molecule has 0 unspecified atom stereocenters. The van der Waals surface area contributed by atoms with Crippen LogP contribution in [0.15, 0.2) is 58.1 Å². The van der Waals surface area contributed by atoms with Gasteiger partial charge >= 0.3 is 0 Å². The standard InChI is InChI=1S/C25H23N5O3S/c1-3-7-22-29-30-23(27)19(24(31)28-25(30)34-22)12-16-10-11-20(21(13-16)32-4-2)33-15-18-9-6-5-8-17(18)14-26/h5-6,8-13,27H,3-4,7,15H2,1-2H3. The van der Waals surface area contributed by atoms with Crippen LogP contribution >= 0.6 is 11.8 Å². The first kappa shape index (κ1) is 23.3. The van der Waals surface area contributed by atoms with Crippen LogP contribution in [0.3, 0.4) is 0 Å². The number of nitrogens with one attached hydrogen (secondary N) is 1. The third kappa shape index (κ3) is 4.87. The van der Waals surface area contributed by atoms with Crippen LogP contribution in [0.5, 0.6) is 11.5 Å². The third-order valence-electron chi connectivity index (χ3n) is 5.06. The minimum atomic E-state index is -0.469. The van der Waals surface area contributed by atoms with Crippen molar-refractivity contribution in [2.24, 2.45) is 10.1 Å².